The Hall–Kier alpha value is -11.7. The van der Waals surface area contributed by atoms with Crippen molar-refractivity contribution >= 4 is 79.0 Å². The topological polar surface area (TPSA) is 63.0 Å². The van der Waals surface area contributed by atoms with Gasteiger partial charge in [0.2, 0.25) is 0 Å². The lowest BCUT2D eigenvalue weighted by atomic mass is 9.33. The Kier molecular flexibility index (Phi) is 12.4. The van der Waals surface area contributed by atoms with E-state index in [4.69, 9.17) is 19.9 Å². The van der Waals surface area contributed by atoms with Crippen molar-refractivity contribution in [3.63, 3.8) is 0 Å². The van der Waals surface area contributed by atoms with E-state index in [0.29, 0.717) is 11.6 Å². The standard InChI is InChI=1S/C81H54BN7/c1-53-39-46-73-64(49-53)63-33-17-20-36-72(63)89(73)74-47-44-59(70-51-68(55-23-7-2-8-24-55)83-80(85-70)57-27-11-4-12-28-57)50-65(74)71-52-69(56-25-9-3-10-26-56)84-81(86-71)58-42-40-54(41-43-58)62-45-48-77-78-79(62)88(61-31-15-6-16-32-61)76-38-22-19-35-67(76)82(78)66-34-18-21-37-75(66)87(77)60-29-13-5-14-30-60/h2-52H,1H3. The Morgan fingerprint density at radius 3 is 1.39 bits per heavy atom. The van der Waals surface area contributed by atoms with Gasteiger partial charge in [0, 0.05) is 78.2 Å². The molecule has 5 heterocycles. The van der Waals surface area contributed by atoms with Gasteiger partial charge in [0.15, 0.2) is 11.6 Å². The van der Waals surface area contributed by atoms with Gasteiger partial charge < -0.3 is 14.4 Å². The summed E-state index contributed by atoms with van der Waals surface area (Å²) in [5, 5.41) is 2.38. The van der Waals surface area contributed by atoms with Crippen molar-refractivity contribution in [2.75, 3.05) is 9.80 Å². The first-order valence-electron chi connectivity index (χ1n) is 30.3. The Morgan fingerprint density at radius 2 is 0.753 bits per heavy atom. The number of benzene rings is 12. The van der Waals surface area contributed by atoms with Crippen LogP contribution in [-0.2, 0) is 0 Å². The molecule has 0 aliphatic carbocycles. The van der Waals surface area contributed by atoms with Gasteiger partial charge in [0.1, 0.15) is 0 Å². The number of anilines is 6. The monoisotopic (exact) mass is 1140 g/mol. The smallest absolute Gasteiger partial charge is 0.252 e. The third-order valence-corrected chi connectivity index (χ3v) is 17.7. The third-order valence-electron chi connectivity index (χ3n) is 17.7. The number of aryl methyl sites for hydroxylation is 1. The molecule has 8 heteroatoms. The first-order chi connectivity index (χ1) is 44.1. The van der Waals surface area contributed by atoms with Gasteiger partial charge in [-0.3, -0.25) is 0 Å². The molecule has 0 saturated carbocycles. The van der Waals surface area contributed by atoms with Crippen molar-refractivity contribution in [2.24, 2.45) is 0 Å². The van der Waals surface area contributed by atoms with Crippen molar-refractivity contribution < 1.29 is 0 Å². The maximum atomic E-state index is 5.69. The van der Waals surface area contributed by atoms with Crippen LogP contribution < -0.4 is 26.2 Å². The number of hydrogen-bond acceptors (Lipinski definition) is 6. The summed E-state index contributed by atoms with van der Waals surface area (Å²) in [5.74, 6) is 1.27. The molecule has 0 unspecified atom stereocenters. The molecule has 15 aromatic rings. The van der Waals surface area contributed by atoms with Gasteiger partial charge in [-0.25, -0.2) is 19.9 Å². The molecule has 3 aromatic heterocycles. The van der Waals surface area contributed by atoms with Crippen LogP contribution in [0.25, 0.3) is 106 Å². The quantitative estimate of drug-likeness (QED) is 0.127. The van der Waals surface area contributed by atoms with Gasteiger partial charge in [-0.1, -0.05) is 230 Å². The van der Waals surface area contributed by atoms with Crippen LogP contribution in [0.2, 0.25) is 0 Å². The molecule has 17 rings (SSSR count). The van der Waals surface area contributed by atoms with Crippen molar-refractivity contribution in [3.8, 4) is 84.6 Å². The summed E-state index contributed by atoms with van der Waals surface area (Å²) in [4.78, 5) is 26.6. The fraction of sp³-hybridized carbons (Fsp3) is 0.0123. The molecule has 0 fully saturated rings. The average Bonchev–Trinajstić information content (AvgIpc) is 1.22. The van der Waals surface area contributed by atoms with Crippen LogP contribution in [0.5, 0.6) is 0 Å². The predicted octanol–water partition coefficient (Wildman–Crippen LogP) is 18.4. The summed E-state index contributed by atoms with van der Waals surface area (Å²) in [7, 11) is 0. The molecule has 0 N–H and O–H groups in total. The molecule has 0 bridgehead atoms. The third kappa shape index (κ3) is 8.83. The summed E-state index contributed by atoms with van der Waals surface area (Å²) in [6.45, 7) is 2.15. The number of rotatable bonds is 10. The summed E-state index contributed by atoms with van der Waals surface area (Å²) in [6.07, 6.45) is 0. The van der Waals surface area contributed by atoms with E-state index in [2.05, 4.69) is 306 Å². The predicted molar refractivity (Wildman–Crippen MR) is 369 cm³/mol. The molecule has 0 saturated heterocycles. The summed E-state index contributed by atoms with van der Waals surface area (Å²) >= 11 is 0. The second-order valence-electron chi connectivity index (χ2n) is 23.0. The molecule has 89 heavy (non-hydrogen) atoms. The lowest BCUT2D eigenvalue weighted by Gasteiger charge is -2.45. The molecule has 0 radical (unpaired) electrons. The van der Waals surface area contributed by atoms with Gasteiger partial charge in [-0.15, -0.1) is 0 Å². The zero-order chi connectivity index (χ0) is 58.9. The maximum Gasteiger partial charge on any atom is 0.252 e. The first-order valence-corrected chi connectivity index (χ1v) is 30.3. The molecule has 12 aromatic carbocycles. The number of aromatic nitrogens is 5. The Bertz CT molecular complexity index is 5140. The number of nitrogens with zero attached hydrogens (tertiary/aromatic N) is 7. The Balaban J connectivity index is 0.870. The van der Waals surface area contributed by atoms with E-state index >= 15 is 0 Å². The van der Waals surface area contributed by atoms with E-state index in [1.165, 1.54) is 44.1 Å². The molecule has 2 aliphatic heterocycles. The highest BCUT2D eigenvalue weighted by atomic mass is 15.2. The van der Waals surface area contributed by atoms with Crippen LogP contribution >= 0.6 is 0 Å². The second kappa shape index (κ2) is 21.3. The molecular weight excluding hydrogens is 1080 g/mol. The van der Waals surface area contributed by atoms with Crippen LogP contribution in [0, 0.1) is 6.92 Å². The minimum Gasteiger partial charge on any atom is -0.311 e. The van der Waals surface area contributed by atoms with Crippen molar-refractivity contribution in [1.82, 2.24) is 24.5 Å². The van der Waals surface area contributed by atoms with Crippen LogP contribution in [0.4, 0.5) is 34.1 Å². The van der Waals surface area contributed by atoms with Crippen molar-refractivity contribution in [3.05, 3.63) is 315 Å². The first kappa shape index (κ1) is 51.7. The van der Waals surface area contributed by atoms with Gasteiger partial charge in [0.05, 0.1) is 45.2 Å². The van der Waals surface area contributed by atoms with Crippen LogP contribution in [-0.4, -0.2) is 31.2 Å². The number of para-hydroxylation sites is 5. The summed E-state index contributed by atoms with van der Waals surface area (Å²) < 4.78 is 2.40. The average molecular weight is 1140 g/mol. The minimum atomic E-state index is -0.0136. The number of hydrogen-bond donors (Lipinski definition) is 0. The molecule has 2 aliphatic rings. The SMILES string of the molecule is Cc1ccc2c(c1)c1ccccc1n2-c1ccc(-c2cc(-c3ccccc3)nc(-c3ccccc3)n2)cc1-c1cc(-c2ccccc2)nc(-c2ccc(-c3ccc4c5c3N(c3ccccc3)c3ccccc3B5c3ccccc3N4c3ccccc3)cc2)n1. The summed E-state index contributed by atoms with van der Waals surface area (Å²) in [6, 6.07) is 111. The highest BCUT2D eigenvalue weighted by Gasteiger charge is 2.44. The lowest BCUT2D eigenvalue weighted by Crippen LogP contribution is -2.61. The maximum absolute atomic E-state index is 5.69. The highest BCUT2D eigenvalue weighted by molar-refractivity contribution is 7.00. The number of fused-ring (bicyclic) bond motifs is 7. The van der Waals surface area contributed by atoms with Crippen LogP contribution in [0.1, 0.15) is 5.56 Å². The molecular formula is C81H54BN7. The van der Waals surface area contributed by atoms with Crippen LogP contribution in [0.15, 0.2) is 309 Å². The fourth-order valence-corrected chi connectivity index (χ4v) is 13.6. The van der Waals surface area contributed by atoms with Gasteiger partial charge in [0.25, 0.3) is 6.71 Å². The zero-order valence-corrected chi connectivity index (χ0v) is 48.7. The Morgan fingerprint density at radius 1 is 0.292 bits per heavy atom. The van der Waals surface area contributed by atoms with Crippen molar-refractivity contribution in [1.29, 1.82) is 0 Å². The van der Waals surface area contributed by atoms with E-state index in [1.807, 2.05) is 24.3 Å². The van der Waals surface area contributed by atoms with E-state index in [-0.39, 0.29) is 6.71 Å². The van der Waals surface area contributed by atoms with E-state index in [9.17, 15) is 0 Å². The molecule has 0 amide bonds. The molecule has 0 spiro atoms. The molecule has 7 nitrogen and oxygen atoms in total. The molecule has 0 atom stereocenters. The van der Waals surface area contributed by atoms with E-state index < -0.39 is 0 Å². The lowest BCUT2D eigenvalue weighted by molar-refractivity contribution is 1.15. The largest absolute Gasteiger partial charge is 0.311 e. The van der Waals surface area contributed by atoms with E-state index in [0.717, 1.165) is 107 Å². The van der Waals surface area contributed by atoms with E-state index in [1.54, 1.807) is 0 Å². The Labute approximate surface area is 516 Å². The van der Waals surface area contributed by atoms with Gasteiger partial charge >= 0.3 is 0 Å². The van der Waals surface area contributed by atoms with Gasteiger partial charge in [-0.2, -0.15) is 0 Å². The normalized spacial score (nSPS) is 12.3. The zero-order valence-electron chi connectivity index (χ0n) is 48.7. The summed E-state index contributed by atoms with van der Waals surface area (Å²) in [5.41, 5.74) is 26.3. The van der Waals surface area contributed by atoms with Gasteiger partial charge in [-0.05, 0) is 114 Å². The van der Waals surface area contributed by atoms with Crippen molar-refractivity contribution in [2.45, 2.75) is 6.92 Å². The minimum absolute atomic E-state index is 0.0136. The second-order valence-corrected chi connectivity index (χ2v) is 23.0. The fourth-order valence-electron chi connectivity index (χ4n) is 13.6. The highest BCUT2D eigenvalue weighted by Crippen LogP contribution is 2.48. The molecule has 416 valence electrons. The van der Waals surface area contributed by atoms with Crippen LogP contribution in [0.3, 0.4) is 0 Å².